The number of aliphatic hydroxyl groups is 2. The Balaban J connectivity index is 0.882. The molecule has 2 aromatic rings. The summed E-state index contributed by atoms with van der Waals surface area (Å²) in [6, 6.07) is 15.6. The minimum absolute atomic E-state index is 0.0701. The molecule has 2 aromatic carbocycles. The van der Waals surface area contributed by atoms with Gasteiger partial charge in [-0.25, -0.2) is 0 Å². The summed E-state index contributed by atoms with van der Waals surface area (Å²) < 4.78 is 0. The molecule has 5 heteroatoms. The fourth-order valence-electron chi connectivity index (χ4n) is 12.2. The van der Waals surface area contributed by atoms with Gasteiger partial charge in [0.1, 0.15) is 23.8 Å². The highest BCUT2D eigenvalue weighted by Crippen LogP contribution is 2.87. The highest BCUT2D eigenvalue weighted by Gasteiger charge is 2.87. The fourth-order valence-corrected chi connectivity index (χ4v) is 12.2. The normalized spacial score (nSPS) is 44.1. The standard InChI is InChI=1S/C41H46O5/c1-36-17-15-27-29(38(3,34(36)45)40(27,36)5)19-23-7-11-25(12-8-23)21-31(42)33(44)32(43)22-26-13-9-24(10-14-26)20-30-28-16-18-37(2)35(46)39(30,4)41(28,37)6/h7-14,19-20,27-28,31-32,42-43H,15-18,21-22H2,1-6H3/b29-19+,30-20+. The zero-order valence-electron chi connectivity index (χ0n) is 27.9. The van der Waals surface area contributed by atoms with Crippen LogP contribution in [0.25, 0.3) is 12.2 Å². The molecule has 8 rings (SSSR count). The Morgan fingerprint density at radius 2 is 1.02 bits per heavy atom. The van der Waals surface area contributed by atoms with Gasteiger partial charge in [0.25, 0.3) is 0 Å². The van der Waals surface area contributed by atoms with E-state index in [1.54, 1.807) is 0 Å². The third-order valence-corrected chi connectivity index (χ3v) is 15.6. The number of carbonyl (C=O) groups is 3. The summed E-state index contributed by atoms with van der Waals surface area (Å²) in [5.74, 6) is 1.11. The zero-order chi connectivity index (χ0) is 32.8. The van der Waals surface area contributed by atoms with Gasteiger partial charge in [-0.15, -0.1) is 0 Å². The Labute approximate surface area is 272 Å². The fraction of sp³-hybridized carbons (Fsp3) is 0.537. The maximum atomic E-state index is 13.2. The number of Topliss-reactive ketones (excluding diaryl/α,β-unsaturated/α-hetero) is 3. The van der Waals surface area contributed by atoms with Gasteiger partial charge in [0, 0.05) is 34.5 Å². The summed E-state index contributed by atoms with van der Waals surface area (Å²) in [5.41, 5.74) is 5.27. The van der Waals surface area contributed by atoms with Crippen molar-refractivity contribution in [2.45, 2.75) is 92.3 Å². The van der Waals surface area contributed by atoms with Crippen molar-refractivity contribution >= 4 is 29.5 Å². The number of hydrogen-bond donors (Lipinski definition) is 2. The first-order chi connectivity index (χ1) is 21.6. The molecule has 2 N–H and O–H groups in total. The lowest BCUT2D eigenvalue weighted by Gasteiger charge is -2.74. The molecule has 0 aromatic heterocycles. The van der Waals surface area contributed by atoms with Crippen LogP contribution in [0.2, 0.25) is 0 Å². The molecule has 6 aliphatic rings. The number of rotatable bonds is 8. The van der Waals surface area contributed by atoms with Crippen LogP contribution in [0.1, 0.15) is 89.5 Å². The Morgan fingerprint density at radius 1 is 0.674 bits per heavy atom. The Morgan fingerprint density at radius 3 is 1.37 bits per heavy atom. The minimum atomic E-state index is -1.30. The van der Waals surface area contributed by atoms with E-state index in [9.17, 15) is 24.6 Å². The van der Waals surface area contributed by atoms with Gasteiger partial charge < -0.3 is 10.2 Å². The predicted octanol–water partition coefficient (Wildman–Crippen LogP) is 6.58. The molecular weight excluding hydrogens is 572 g/mol. The average Bonchev–Trinajstić information content (AvgIpc) is 3.33. The summed E-state index contributed by atoms with van der Waals surface area (Å²) in [6.07, 6.45) is 6.09. The lowest BCUT2D eigenvalue weighted by molar-refractivity contribution is -0.209. The SMILES string of the molecule is CC12CCC3/C(=C\c4ccc(CC(O)C(=O)C(O)Cc5ccc(/C=C6\C7CCC8(C)C(=O)C6(C)C78C)cc5)cc4)C(C)(C1=O)C32C. The van der Waals surface area contributed by atoms with E-state index in [2.05, 4.69) is 53.7 Å². The molecule has 46 heavy (non-hydrogen) atoms. The Hall–Kier alpha value is -3.15. The number of allylic oxidation sites excluding steroid dienone is 2. The van der Waals surface area contributed by atoms with Crippen molar-refractivity contribution in [3.63, 3.8) is 0 Å². The van der Waals surface area contributed by atoms with Crippen molar-refractivity contribution < 1.29 is 24.6 Å². The van der Waals surface area contributed by atoms with Crippen LogP contribution in [0.3, 0.4) is 0 Å². The minimum Gasteiger partial charge on any atom is -0.385 e. The molecule has 0 heterocycles. The van der Waals surface area contributed by atoms with Crippen LogP contribution in [0.5, 0.6) is 0 Å². The van der Waals surface area contributed by atoms with Gasteiger partial charge in [0.15, 0.2) is 5.78 Å². The van der Waals surface area contributed by atoms with Crippen LogP contribution in [-0.2, 0) is 27.2 Å². The molecule has 6 saturated carbocycles. The highest BCUT2D eigenvalue weighted by atomic mass is 16.3. The van der Waals surface area contributed by atoms with E-state index < -0.39 is 18.0 Å². The number of ketones is 3. The lowest BCUT2D eigenvalue weighted by Crippen LogP contribution is -2.77. The average molecular weight is 619 g/mol. The maximum Gasteiger partial charge on any atom is 0.190 e. The van der Waals surface area contributed by atoms with Gasteiger partial charge >= 0.3 is 0 Å². The number of carbonyl (C=O) groups excluding carboxylic acids is 3. The molecule has 10 unspecified atom stereocenters. The van der Waals surface area contributed by atoms with Gasteiger partial charge in [-0.2, -0.15) is 0 Å². The van der Waals surface area contributed by atoms with E-state index in [-0.39, 0.29) is 45.3 Å². The third-order valence-electron chi connectivity index (χ3n) is 15.6. The van der Waals surface area contributed by atoms with Gasteiger partial charge in [-0.05, 0) is 73.6 Å². The zero-order valence-corrected chi connectivity index (χ0v) is 27.9. The van der Waals surface area contributed by atoms with E-state index in [0.29, 0.717) is 23.4 Å². The van der Waals surface area contributed by atoms with Gasteiger partial charge in [-0.1, -0.05) is 99.5 Å². The van der Waals surface area contributed by atoms with Crippen molar-refractivity contribution in [2.75, 3.05) is 0 Å². The summed E-state index contributed by atoms with van der Waals surface area (Å²) in [4.78, 5) is 39.2. The van der Waals surface area contributed by atoms with E-state index in [0.717, 1.165) is 47.9 Å². The molecule has 0 spiro atoms. The van der Waals surface area contributed by atoms with Crippen molar-refractivity contribution in [3.05, 3.63) is 81.9 Å². The summed E-state index contributed by atoms with van der Waals surface area (Å²) in [7, 11) is 0. The second kappa shape index (κ2) is 9.05. The smallest absolute Gasteiger partial charge is 0.190 e. The van der Waals surface area contributed by atoms with Crippen LogP contribution in [0, 0.1) is 44.3 Å². The number of aliphatic hydroxyl groups excluding tert-OH is 2. The first-order valence-electron chi connectivity index (χ1n) is 17.2. The molecule has 0 aliphatic heterocycles. The van der Waals surface area contributed by atoms with Crippen LogP contribution in [0.4, 0.5) is 0 Å². The van der Waals surface area contributed by atoms with Crippen LogP contribution < -0.4 is 0 Å². The molecule has 0 saturated heterocycles. The second-order valence-electron chi connectivity index (χ2n) is 16.7. The van der Waals surface area contributed by atoms with E-state index >= 15 is 0 Å². The molecule has 0 radical (unpaired) electrons. The maximum absolute atomic E-state index is 13.2. The molecule has 6 aliphatic carbocycles. The molecular formula is C41H46O5. The largest absolute Gasteiger partial charge is 0.385 e. The van der Waals surface area contributed by atoms with Crippen molar-refractivity contribution in [1.29, 1.82) is 0 Å². The van der Waals surface area contributed by atoms with Crippen LogP contribution >= 0.6 is 0 Å². The molecule has 5 nitrogen and oxygen atoms in total. The number of hydrogen-bond acceptors (Lipinski definition) is 5. The summed E-state index contributed by atoms with van der Waals surface area (Å²) in [6.45, 7) is 13.1. The number of benzene rings is 2. The first-order valence-corrected chi connectivity index (χ1v) is 17.2. The van der Waals surface area contributed by atoms with Gasteiger partial charge in [0.2, 0.25) is 0 Å². The molecule has 6 fully saturated rings. The Kier molecular flexibility index (Phi) is 5.94. The van der Waals surface area contributed by atoms with E-state index in [4.69, 9.17) is 0 Å². The lowest BCUT2D eigenvalue weighted by atomic mass is 9.26. The van der Waals surface area contributed by atoms with Crippen LogP contribution in [0.15, 0.2) is 59.7 Å². The predicted molar refractivity (Wildman–Crippen MR) is 177 cm³/mol. The monoisotopic (exact) mass is 618 g/mol. The van der Waals surface area contributed by atoms with Gasteiger partial charge in [-0.3, -0.25) is 14.4 Å². The van der Waals surface area contributed by atoms with Crippen molar-refractivity contribution in [2.24, 2.45) is 44.3 Å². The van der Waals surface area contributed by atoms with Gasteiger partial charge in [0.05, 0.1) is 10.8 Å². The van der Waals surface area contributed by atoms with Crippen molar-refractivity contribution in [3.8, 4) is 0 Å². The van der Waals surface area contributed by atoms with Crippen molar-refractivity contribution in [1.82, 2.24) is 0 Å². The molecule has 10 atom stereocenters. The summed E-state index contributed by atoms with van der Waals surface area (Å²) >= 11 is 0. The second-order valence-corrected chi connectivity index (χ2v) is 16.7. The topological polar surface area (TPSA) is 91.7 Å². The summed E-state index contributed by atoms with van der Waals surface area (Å²) in [5, 5.41) is 21.4. The van der Waals surface area contributed by atoms with Crippen LogP contribution in [-0.4, -0.2) is 39.8 Å². The van der Waals surface area contributed by atoms with E-state index in [1.165, 1.54) is 11.1 Å². The molecule has 240 valence electrons. The highest BCUT2D eigenvalue weighted by molar-refractivity contribution is 6.07. The first kappa shape index (κ1) is 30.2. The van der Waals surface area contributed by atoms with E-state index in [1.807, 2.05) is 48.5 Å². The third kappa shape index (κ3) is 3.09. The molecule has 0 amide bonds. The Bertz CT molecular complexity index is 1650. The molecule has 0 bridgehead atoms. The quantitative estimate of drug-likeness (QED) is 0.349.